The van der Waals surface area contributed by atoms with Gasteiger partial charge in [-0.05, 0) is 13.8 Å². The van der Waals surface area contributed by atoms with Crippen molar-refractivity contribution in [1.82, 2.24) is 0 Å². The summed E-state index contributed by atoms with van der Waals surface area (Å²) in [4.78, 5) is 0. The van der Waals surface area contributed by atoms with Crippen molar-refractivity contribution in [2.45, 2.75) is 38.0 Å². The van der Waals surface area contributed by atoms with Crippen LogP contribution in [0.15, 0.2) is 0 Å². The van der Waals surface area contributed by atoms with Gasteiger partial charge in [0.05, 0.1) is 0 Å². The lowest BCUT2D eigenvalue weighted by Crippen LogP contribution is -2.46. The highest BCUT2D eigenvalue weighted by Crippen LogP contribution is 2.53. The maximum Gasteiger partial charge on any atom is 0.273 e. The largest absolute Gasteiger partial charge is 0.351 e. The van der Waals surface area contributed by atoms with Crippen molar-refractivity contribution < 1.29 is 18.3 Å². The standard InChI is InChI=1S/C8H15F2NO2/c1-3-12-6(13-4-2)7(11)5-8(7,9)10/h6H,3-5,11H2,1-2H3. The van der Waals surface area contributed by atoms with E-state index in [9.17, 15) is 8.78 Å². The summed E-state index contributed by atoms with van der Waals surface area (Å²) in [6, 6.07) is 0. The van der Waals surface area contributed by atoms with Gasteiger partial charge in [0.25, 0.3) is 5.92 Å². The monoisotopic (exact) mass is 195 g/mol. The zero-order valence-electron chi connectivity index (χ0n) is 7.85. The summed E-state index contributed by atoms with van der Waals surface area (Å²) in [5.41, 5.74) is 3.83. The van der Waals surface area contributed by atoms with E-state index in [2.05, 4.69) is 0 Å². The zero-order chi connectivity index (χ0) is 10.1. The summed E-state index contributed by atoms with van der Waals surface area (Å²) in [7, 11) is 0. The van der Waals surface area contributed by atoms with E-state index in [4.69, 9.17) is 15.2 Å². The first-order valence-electron chi connectivity index (χ1n) is 4.38. The fourth-order valence-electron chi connectivity index (χ4n) is 1.23. The van der Waals surface area contributed by atoms with Gasteiger partial charge >= 0.3 is 0 Å². The van der Waals surface area contributed by atoms with E-state index in [1.165, 1.54) is 0 Å². The first-order valence-corrected chi connectivity index (χ1v) is 4.38. The van der Waals surface area contributed by atoms with E-state index in [-0.39, 0.29) is 6.42 Å². The summed E-state index contributed by atoms with van der Waals surface area (Å²) in [5.74, 6) is -2.85. The van der Waals surface area contributed by atoms with Crippen molar-refractivity contribution in [1.29, 1.82) is 0 Å². The average Bonchev–Trinajstić information content (AvgIpc) is 2.52. The van der Waals surface area contributed by atoms with Crippen molar-refractivity contribution >= 4 is 0 Å². The van der Waals surface area contributed by atoms with Crippen molar-refractivity contribution in [3.05, 3.63) is 0 Å². The highest BCUT2D eigenvalue weighted by atomic mass is 19.3. The Bertz CT molecular complexity index is 183. The zero-order valence-corrected chi connectivity index (χ0v) is 7.85. The lowest BCUT2D eigenvalue weighted by Gasteiger charge is -2.23. The first-order chi connectivity index (χ1) is 5.98. The van der Waals surface area contributed by atoms with Gasteiger partial charge in [0, 0.05) is 19.6 Å². The molecule has 0 aromatic heterocycles. The number of alkyl halides is 2. The second kappa shape index (κ2) is 3.48. The molecule has 5 heteroatoms. The molecule has 0 heterocycles. The van der Waals surface area contributed by atoms with E-state index in [1.54, 1.807) is 13.8 Å². The molecule has 1 unspecified atom stereocenters. The first kappa shape index (κ1) is 10.8. The van der Waals surface area contributed by atoms with Crippen molar-refractivity contribution in [2.24, 2.45) is 5.73 Å². The van der Waals surface area contributed by atoms with Crippen molar-refractivity contribution in [3.8, 4) is 0 Å². The molecule has 0 aliphatic heterocycles. The molecule has 0 bridgehead atoms. The molecule has 0 aromatic rings. The van der Waals surface area contributed by atoms with Crippen LogP contribution in [0.1, 0.15) is 20.3 Å². The number of halogens is 2. The molecular weight excluding hydrogens is 180 g/mol. The molecule has 1 rings (SSSR count). The maximum absolute atomic E-state index is 12.8. The molecule has 2 N–H and O–H groups in total. The van der Waals surface area contributed by atoms with Crippen LogP contribution in [-0.4, -0.2) is 31.0 Å². The van der Waals surface area contributed by atoms with Crippen LogP contribution in [0.25, 0.3) is 0 Å². The van der Waals surface area contributed by atoms with Crippen molar-refractivity contribution in [3.63, 3.8) is 0 Å². The van der Waals surface area contributed by atoms with Gasteiger partial charge < -0.3 is 15.2 Å². The van der Waals surface area contributed by atoms with E-state index in [0.29, 0.717) is 13.2 Å². The second-order valence-corrected chi connectivity index (χ2v) is 3.16. The predicted molar refractivity (Wildman–Crippen MR) is 43.5 cm³/mol. The van der Waals surface area contributed by atoms with Crippen molar-refractivity contribution in [2.75, 3.05) is 13.2 Å². The molecule has 0 aromatic carbocycles. The molecule has 3 nitrogen and oxygen atoms in total. The number of rotatable bonds is 5. The van der Waals surface area contributed by atoms with Gasteiger partial charge in [0.2, 0.25) is 0 Å². The quantitative estimate of drug-likeness (QED) is 0.668. The van der Waals surface area contributed by atoms with Crippen LogP contribution >= 0.6 is 0 Å². The van der Waals surface area contributed by atoms with E-state index in [0.717, 1.165) is 0 Å². The second-order valence-electron chi connectivity index (χ2n) is 3.16. The Labute approximate surface area is 76.2 Å². The van der Waals surface area contributed by atoms with Gasteiger partial charge in [0.1, 0.15) is 5.54 Å². The van der Waals surface area contributed by atoms with Crippen LogP contribution in [-0.2, 0) is 9.47 Å². The molecule has 13 heavy (non-hydrogen) atoms. The van der Waals surface area contributed by atoms with E-state index in [1.807, 2.05) is 0 Å². The Morgan fingerprint density at radius 3 is 1.92 bits per heavy atom. The van der Waals surface area contributed by atoms with Crippen LogP contribution < -0.4 is 5.73 Å². The molecule has 0 radical (unpaired) electrons. The van der Waals surface area contributed by atoms with Gasteiger partial charge in [-0.1, -0.05) is 0 Å². The third-order valence-corrected chi connectivity index (χ3v) is 2.13. The summed E-state index contributed by atoms with van der Waals surface area (Å²) in [5, 5.41) is 0. The van der Waals surface area contributed by atoms with Gasteiger partial charge in [-0.3, -0.25) is 0 Å². The highest BCUT2D eigenvalue weighted by molar-refractivity contribution is 5.18. The van der Waals surface area contributed by atoms with Crippen LogP contribution in [0, 0.1) is 0 Å². The molecule has 1 fully saturated rings. The highest BCUT2D eigenvalue weighted by Gasteiger charge is 2.74. The van der Waals surface area contributed by atoms with Gasteiger partial charge in [-0.15, -0.1) is 0 Å². The summed E-state index contributed by atoms with van der Waals surface area (Å²) in [6.45, 7) is 4.07. The minimum absolute atomic E-state index is 0.319. The van der Waals surface area contributed by atoms with Crippen LogP contribution in [0.2, 0.25) is 0 Å². The Morgan fingerprint density at radius 1 is 1.31 bits per heavy atom. The average molecular weight is 195 g/mol. The molecule has 1 aliphatic carbocycles. The molecular formula is C8H15F2NO2. The SMILES string of the molecule is CCOC(OCC)C1(N)CC1(F)F. The molecule has 78 valence electrons. The van der Waals surface area contributed by atoms with Gasteiger partial charge in [0.15, 0.2) is 6.29 Å². The molecule has 0 saturated heterocycles. The number of nitrogens with two attached hydrogens (primary N) is 1. The van der Waals surface area contributed by atoms with E-state index >= 15 is 0 Å². The lowest BCUT2D eigenvalue weighted by molar-refractivity contribution is -0.169. The normalized spacial score (nSPS) is 30.9. The molecule has 0 spiro atoms. The summed E-state index contributed by atoms with van der Waals surface area (Å²) in [6.07, 6.45) is -1.34. The molecule has 0 amide bonds. The Kier molecular flexibility index (Phi) is 2.89. The number of hydrogen-bond acceptors (Lipinski definition) is 3. The third kappa shape index (κ3) is 1.82. The van der Waals surface area contributed by atoms with Crippen LogP contribution in [0.5, 0.6) is 0 Å². The minimum atomic E-state index is -2.85. The Balaban J connectivity index is 2.56. The fourth-order valence-corrected chi connectivity index (χ4v) is 1.23. The summed E-state index contributed by atoms with van der Waals surface area (Å²) >= 11 is 0. The van der Waals surface area contributed by atoms with Gasteiger partial charge in [-0.25, -0.2) is 8.78 Å². The molecule has 1 aliphatic rings. The van der Waals surface area contributed by atoms with Gasteiger partial charge in [-0.2, -0.15) is 0 Å². The fraction of sp³-hybridized carbons (Fsp3) is 1.00. The maximum atomic E-state index is 12.8. The molecule has 1 saturated carbocycles. The molecule has 1 atom stereocenters. The van der Waals surface area contributed by atoms with Crippen LogP contribution in [0.3, 0.4) is 0 Å². The third-order valence-electron chi connectivity index (χ3n) is 2.13. The topological polar surface area (TPSA) is 44.5 Å². The van der Waals surface area contributed by atoms with E-state index < -0.39 is 17.8 Å². The Morgan fingerprint density at radius 2 is 1.69 bits per heavy atom. The minimum Gasteiger partial charge on any atom is -0.351 e. The Hall–Kier alpha value is -0.260. The van der Waals surface area contributed by atoms with Crippen LogP contribution in [0.4, 0.5) is 8.78 Å². The predicted octanol–water partition coefficient (Wildman–Crippen LogP) is 1.12. The number of ether oxygens (including phenoxy) is 2. The number of hydrogen-bond donors (Lipinski definition) is 1. The summed E-state index contributed by atoms with van der Waals surface area (Å²) < 4.78 is 35.6. The lowest BCUT2D eigenvalue weighted by atomic mass is 10.2. The smallest absolute Gasteiger partial charge is 0.273 e.